The maximum absolute atomic E-state index is 13.6. The molecule has 0 N–H and O–H groups in total. The highest BCUT2D eigenvalue weighted by atomic mass is 35.5. The lowest BCUT2D eigenvalue weighted by Gasteiger charge is -2.27. The van der Waals surface area contributed by atoms with Crippen LogP contribution in [-0.4, -0.2) is 48.3 Å². The Bertz CT molecular complexity index is 1070. The summed E-state index contributed by atoms with van der Waals surface area (Å²) in [7, 11) is 0. The van der Waals surface area contributed by atoms with Gasteiger partial charge in [-0.3, -0.25) is 4.79 Å². The smallest absolute Gasteiger partial charge is 0.254 e. The van der Waals surface area contributed by atoms with Crippen LogP contribution in [0.15, 0.2) is 59.1 Å². The van der Waals surface area contributed by atoms with Crippen LogP contribution in [-0.2, 0) is 11.3 Å². The molecule has 2 aromatic carbocycles. The van der Waals surface area contributed by atoms with Gasteiger partial charge in [-0.05, 0) is 49.9 Å². The summed E-state index contributed by atoms with van der Waals surface area (Å²) in [6.45, 7) is 3.55. The number of carbonyl (C=O) groups excluding carboxylic acids is 1. The Kier molecular flexibility index (Phi) is 6.65. The van der Waals surface area contributed by atoms with Gasteiger partial charge in [-0.15, -0.1) is 0 Å². The van der Waals surface area contributed by atoms with Gasteiger partial charge in [0.25, 0.3) is 5.91 Å². The zero-order valence-electron chi connectivity index (χ0n) is 18.6. The van der Waals surface area contributed by atoms with E-state index in [2.05, 4.69) is 10.1 Å². The van der Waals surface area contributed by atoms with E-state index in [0.29, 0.717) is 23.7 Å². The molecular weight excluding hydrogens is 438 g/mol. The van der Waals surface area contributed by atoms with E-state index >= 15 is 0 Å². The average molecular weight is 466 g/mol. The van der Waals surface area contributed by atoms with E-state index in [9.17, 15) is 4.79 Å². The first-order chi connectivity index (χ1) is 16.2. The van der Waals surface area contributed by atoms with Gasteiger partial charge < -0.3 is 19.1 Å². The van der Waals surface area contributed by atoms with Crippen molar-refractivity contribution in [2.75, 3.05) is 31.1 Å². The number of hydrogen-bond donors (Lipinski definition) is 0. The summed E-state index contributed by atoms with van der Waals surface area (Å²) in [5.74, 6) is 0.724. The number of nitrogens with zero attached hydrogens (tertiary/aromatic N) is 3. The van der Waals surface area contributed by atoms with E-state index < -0.39 is 0 Å². The Morgan fingerprint density at radius 2 is 1.82 bits per heavy atom. The second kappa shape index (κ2) is 9.98. The van der Waals surface area contributed by atoms with E-state index in [4.69, 9.17) is 20.9 Å². The van der Waals surface area contributed by atoms with Crippen LogP contribution in [0.5, 0.6) is 0 Å². The molecule has 172 valence electrons. The lowest BCUT2D eigenvalue weighted by Crippen LogP contribution is -2.37. The lowest BCUT2D eigenvalue weighted by molar-refractivity contribution is 0.0507. The Hall–Kier alpha value is -2.83. The second-order valence-corrected chi connectivity index (χ2v) is 9.14. The van der Waals surface area contributed by atoms with Gasteiger partial charge in [0.2, 0.25) is 5.88 Å². The van der Waals surface area contributed by atoms with Crippen molar-refractivity contribution >= 4 is 23.4 Å². The number of amides is 1. The predicted molar refractivity (Wildman–Crippen MR) is 129 cm³/mol. The summed E-state index contributed by atoms with van der Waals surface area (Å²) >= 11 is 6.06. The summed E-state index contributed by atoms with van der Waals surface area (Å²) in [6, 6.07) is 17.1. The molecule has 0 bridgehead atoms. The topological polar surface area (TPSA) is 58.8 Å². The van der Waals surface area contributed by atoms with Gasteiger partial charge in [0, 0.05) is 42.4 Å². The molecule has 33 heavy (non-hydrogen) atoms. The molecule has 0 aliphatic carbocycles. The van der Waals surface area contributed by atoms with Crippen LogP contribution < -0.4 is 4.90 Å². The van der Waals surface area contributed by atoms with Gasteiger partial charge in [-0.25, -0.2) is 0 Å². The molecule has 1 atom stereocenters. The quantitative estimate of drug-likeness (QED) is 0.466. The minimum absolute atomic E-state index is 0.0384. The Morgan fingerprint density at radius 3 is 2.52 bits per heavy atom. The van der Waals surface area contributed by atoms with Crippen molar-refractivity contribution in [2.24, 2.45) is 0 Å². The van der Waals surface area contributed by atoms with Crippen LogP contribution in [0.4, 0.5) is 5.88 Å². The van der Waals surface area contributed by atoms with Crippen molar-refractivity contribution in [1.29, 1.82) is 0 Å². The highest BCUT2D eigenvalue weighted by molar-refractivity contribution is 6.30. The Morgan fingerprint density at radius 1 is 1.06 bits per heavy atom. The minimum Gasteiger partial charge on any atom is -0.376 e. The summed E-state index contributed by atoms with van der Waals surface area (Å²) in [4.78, 5) is 17.7. The largest absolute Gasteiger partial charge is 0.376 e. The molecular formula is C26H28ClN3O3. The highest BCUT2D eigenvalue weighted by Gasteiger charge is 2.30. The maximum Gasteiger partial charge on any atom is 0.254 e. The molecule has 1 amide bonds. The monoisotopic (exact) mass is 465 g/mol. The first kappa shape index (κ1) is 22.0. The number of anilines is 1. The third-order valence-corrected chi connectivity index (χ3v) is 6.64. The molecule has 2 fully saturated rings. The Labute approximate surface area is 199 Å². The molecule has 1 aromatic heterocycles. The molecule has 3 aromatic rings. The van der Waals surface area contributed by atoms with Crippen molar-refractivity contribution in [3.05, 3.63) is 70.7 Å². The van der Waals surface area contributed by atoms with E-state index in [1.54, 1.807) is 24.3 Å². The lowest BCUT2D eigenvalue weighted by atomic mass is 10.1. The maximum atomic E-state index is 13.6. The number of halogens is 1. The first-order valence-electron chi connectivity index (χ1n) is 11.6. The van der Waals surface area contributed by atoms with Gasteiger partial charge in [-0.1, -0.05) is 47.1 Å². The molecule has 7 heteroatoms. The van der Waals surface area contributed by atoms with Gasteiger partial charge in [0.1, 0.15) is 5.69 Å². The molecule has 2 aliphatic rings. The molecule has 2 aliphatic heterocycles. The molecule has 5 rings (SSSR count). The van der Waals surface area contributed by atoms with Crippen LogP contribution in [0.2, 0.25) is 5.02 Å². The fourth-order valence-electron chi connectivity index (χ4n) is 4.65. The number of ether oxygens (including phenoxy) is 1. The molecule has 2 saturated heterocycles. The van der Waals surface area contributed by atoms with E-state index in [-0.39, 0.29) is 12.0 Å². The zero-order chi connectivity index (χ0) is 22.6. The number of carbonyl (C=O) groups is 1. The van der Waals surface area contributed by atoms with Crippen molar-refractivity contribution in [3.8, 4) is 11.3 Å². The number of benzene rings is 2. The van der Waals surface area contributed by atoms with Gasteiger partial charge in [-0.2, -0.15) is 0 Å². The van der Waals surface area contributed by atoms with Crippen LogP contribution >= 0.6 is 11.6 Å². The fraction of sp³-hybridized carbons (Fsp3) is 0.385. The minimum atomic E-state index is -0.0465. The summed E-state index contributed by atoms with van der Waals surface area (Å²) in [5.41, 5.74) is 3.33. The van der Waals surface area contributed by atoms with Crippen LogP contribution in [0.3, 0.4) is 0 Å². The number of rotatable bonds is 7. The summed E-state index contributed by atoms with van der Waals surface area (Å²) in [5, 5.41) is 5.07. The summed E-state index contributed by atoms with van der Waals surface area (Å²) in [6.07, 6.45) is 4.28. The van der Waals surface area contributed by atoms with Crippen LogP contribution in [0.25, 0.3) is 11.3 Å². The highest BCUT2D eigenvalue weighted by Crippen LogP contribution is 2.34. The van der Waals surface area contributed by atoms with Crippen molar-refractivity contribution in [2.45, 2.75) is 38.3 Å². The molecule has 0 saturated carbocycles. The average Bonchev–Trinajstić information content (AvgIpc) is 3.61. The second-order valence-electron chi connectivity index (χ2n) is 8.70. The molecule has 0 radical (unpaired) electrons. The number of aromatic nitrogens is 1. The third kappa shape index (κ3) is 4.92. The van der Waals surface area contributed by atoms with Crippen LogP contribution in [0.1, 0.15) is 41.6 Å². The van der Waals surface area contributed by atoms with Gasteiger partial charge >= 0.3 is 0 Å². The van der Waals surface area contributed by atoms with Crippen molar-refractivity contribution in [1.82, 2.24) is 10.1 Å². The zero-order valence-corrected chi connectivity index (χ0v) is 19.3. The summed E-state index contributed by atoms with van der Waals surface area (Å²) < 4.78 is 11.8. The fourth-order valence-corrected chi connectivity index (χ4v) is 4.78. The Balaban J connectivity index is 1.51. The van der Waals surface area contributed by atoms with E-state index in [1.807, 2.05) is 35.2 Å². The normalized spacial score (nSPS) is 18.1. The van der Waals surface area contributed by atoms with Crippen molar-refractivity contribution < 1.29 is 14.1 Å². The predicted octanol–water partition coefficient (Wildman–Crippen LogP) is 5.42. The van der Waals surface area contributed by atoms with Crippen molar-refractivity contribution in [3.63, 3.8) is 0 Å². The van der Waals surface area contributed by atoms with E-state index in [0.717, 1.165) is 68.1 Å². The SMILES string of the molecule is O=C(c1ccc(Cl)cc1)N(Cc1c(-c2ccccc2)noc1N1CCCC1)CC1CCCO1. The van der Waals surface area contributed by atoms with Gasteiger partial charge in [0.05, 0.1) is 18.2 Å². The standard InChI is InChI=1S/C26H28ClN3O3/c27-21-12-10-20(11-13-21)25(31)30(17-22-9-6-16-32-22)18-23-24(19-7-2-1-3-8-19)28-33-26(23)29-14-4-5-15-29/h1-3,7-8,10-13,22H,4-6,9,14-18H2. The van der Waals surface area contributed by atoms with Gasteiger partial charge in [0.15, 0.2) is 0 Å². The molecule has 0 spiro atoms. The molecule has 6 nitrogen and oxygen atoms in total. The van der Waals surface area contributed by atoms with Crippen LogP contribution in [0, 0.1) is 0 Å². The molecule has 3 heterocycles. The third-order valence-electron chi connectivity index (χ3n) is 6.38. The number of hydrogen-bond acceptors (Lipinski definition) is 5. The first-order valence-corrected chi connectivity index (χ1v) is 12.0. The van der Waals surface area contributed by atoms with E-state index in [1.165, 1.54) is 0 Å². The molecule has 1 unspecified atom stereocenters.